The molecule has 0 aromatic heterocycles. The number of allylic oxidation sites excluding steroid dienone is 1. The summed E-state index contributed by atoms with van der Waals surface area (Å²) >= 11 is 0. The highest BCUT2D eigenvalue weighted by molar-refractivity contribution is 5.97. The molecule has 0 spiro atoms. The second-order valence-electron chi connectivity index (χ2n) is 5.04. The van der Waals surface area contributed by atoms with Gasteiger partial charge >= 0.3 is 6.03 Å². The number of hydrogen-bond donors (Lipinski definition) is 0. The molecule has 1 aliphatic heterocycles. The van der Waals surface area contributed by atoms with Crippen LogP contribution < -0.4 is 0 Å². The molecule has 1 saturated heterocycles. The van der Waals surface area contributed by atoms with Crippen molar-refractivity contribution in [2.45, 2.75) is 26.2 Å². The Morgan fingerprint density at radius 2 is 1.81 bits per heavy atom. The number of nitrogens with zero attached hydrogens (tertiary/aromatic N) is 2. The molecule has 0 aliphatic carbocycles. The van der Waals surface area contributed by atoms with Gasteiger partial charge in [0.25, 0.3) is 0 Å². The van der Waals surface area contributed by atoms with E-state index >= 15 is 0 Å². The summed E-state index contributed by atoms with van der Waals surface area (Å²) in [6.45, 7) is 2.54. The first-order chi connectivity index (χ1) is 10.1. The number of carbonyl (C=O) groups excluding carboxylic acids is 3. The van der Waals surface area contributed by atoms with Crippen LogP contribution in [0.1, 0.15) is 25.3 Å². The summed E-state index contributed by atoms with van der Waals surface area (Å²) in [6, 6.07) is 8.82. The van der Waals surface area contributed by atoms with Crippen molar-refractivity contribution in [3.63, 3.8) is 0 Å². The molecule has 5 heteroatoms. The van der Waals surface area contributed by atoms with Crippen LogP contribution in [0.3, 0.4) is 0 Å². The highest BCUT2D eigenvalue weighted by Gasteiger charge is 2.29. The van der Waals surface area contributed by atoms with Crippen molar-refractivity contribution >= 4 is 17.9 Å². The average molecular weight is 286 g/mol. The molecule has 2 rings (SSSR count). The van der Waals surface area contributed by atoms with Crippen molar-refractivity contribution < 1.29 is 14.4 Å². The number of urea groups is 1. The largest absolute Gasteiger partial charge is 0.331 e. The lowest BCUT2D eigenvalue weighted by Gasteiger charge is -2.25. The summed E-state index contributed by atoms with van der Waals surface area (Å²) in [7, 11) is 0. The molecular weight excluding hydrogens is 268 g/mol. The van der Waals surface area contributed by atoms with Crippen LogP contribution in [-0.4, -0.2) is 40.8 Å². The minimum absolute atomic E-state index is 0.0607. The van der Waals surface area contributed by atoms with E-state index in [-0.39, 0.29) is 12.1 Å². The summed E-state index contributed by atoms with van der Waals surface area (Å²) in [4.78, 5) is 38.0. The molecule has 1 heterocycles. The Hall–Kier alpha value is -2.39. The smallest absolute Gasteiger partial charge is 0.324 e. The molecule has 0 radical (unpaired) electrons. The van der Waals surface area contributed by atoms with Gasteiger partial charge in [-0.3, -0.25) is 4.79 Å². The van der Waals surface area contributed by atoms with E-state index in [1.807, 2.05) is 30.3 Å². The number of likely N-dealkylation sites (tertiary alicyclic amines) is 1. The van der Waals surface area contributed by atoms with Gasteiger partial charge in [0.2, 0.25) is 5.91 Å². The van der Waals surface area contributed by atoms with Crippen molar-refractivity contribution in [1.82, 2.24) is 9.80 Å². The quantitative estimate of drug-likeness (QED) is 0.799. The fourth-order valence-electron chi connectivity index (χ4n) is 2.44. The third kappa shape index (κ3) is 3.58. The monoisotopic (exact) mass is 286 g/mol. The Morgan fingerprint density at radius 1 is 1.19 bits per heavy atom. The highest BCUT2D eigenvalue weighted by Crippen LogP contribution is 2.16. The fraction of sp³-hybridized carbons (Fsp3) is 0.375. The zero-order valence-corrected chi connectivity index (χ0v) is 12.0. The first-order valence-electron chi connectivity index (χ1n) is 7.01. The lowest BCUT2D eigenvalue weighted by molar-refractivity contribution is -0.124. The van der Waals surface area contributed by atoms with Crippen molar-refractivity contribution in [2.75, 3.05) is 13.1 Å². The second kappa shape index (κ2) is 6.86. The van der Waals surface area contributed by atoms with E-state index in [9.17, 15) is 14.4 Å². The van der Waals surface area contributed by atoms with E-state index in [2.05, 4.69) is 0 Å². The van der Waals surface area contributed by atoms with Crippen LogP contribution in [-0.2, 0) is 16.0 Å². The Labute approximate surface area is 123 Å². The number of hydrogen-bond acceptors (Lipinski definition) is 3. The number of imide groups is 1. The van der Waals surface area contributed by atoms with Crippen LogP contribution in [0.25, 0.3) is 0 Å². The number of benzene rings is 1. The van der Waals surface area contributed by atoms with Crippen LogP contribution >= 0.6 is 0 Å². The van der Waals surface area contributed by atoms with Crippen LogP contribution in [0.5, 0.6) is 0 Å². The first-order valence-corrected chi connectivity index (χ1v) is 7.01. The standard InChI is InChI=1S/C16H18N2O3/c1-13(20)18(16(21)17-9-5-6-10-17)15(12-19)11-14-7-3-2-4-8-14/h2-4,7-8H,5-6,9-11H2,1H3. The van der Waals surface area contributed by atoms with Crippen LogP contribution in [0.15, 0.2) is 36.0 Å². The van der Waals surface area contributed by atoms with Gasteiger partial charge in [-0.15, -0.1) is 0 Å². The number of rotatable bonds is 3. The molecule has 5 nitrogen and oxygen atoms in total. The lowest BCUT2D eigenvalue weighted by Crippen LogP contribution is -2.44. The van der Waals surface area contributed by atoms with E-state index in [1.165, 1.54) is 6.92 Å². The van der Waals surface area contributed by atoms with Crippen molar-refractivity contribution in [2.24, 2.45) is 0 Å². The average Bonchev–Trinajstić information content (AvgIpc) is 3.01. The predicted octanol–water partition coefficient (Wildman–Crippen LogP) is 2.01. The maximum absolute atomic E-state index is 12.4. The van der Waals surface area contributed by atoms with E-state index in [1.54, 1.807) is 10.8 Å². The molecule has 0 atom stereocenters. The van der Waals surface area contributed by atoms with Crippen LogP contribution in [0, 0.1) is 0 Å². The summed E-state index contributed by atoms with van der Waals surface area (Å²) in [5.74, 6) is 1.30. The summed E-state index contributed by atoms with van der Waals surface area (Å²) < 4.78 is 0. The Bertz CT molecular complexity index is 570. The molecule has 0 bridgehead atoms. The fourth-order valence-corrected chi connectivity index (χ4v) is 2.44. The van der Waals surface area contributed by atoms with Gasteiger partial charge in [0, 0.05) is 26.4 Å². The summed E-state index contributed by atoms with van der Waals surface area (Å²) in [5, 5.41) is 0. The van der Waals surface area contributed by atoms with Gasteiger partial charge in [0.1, 0.15) is 11.6 Å². The van der Waals surface area contributed by atoms with E-state index in [4.69, 9.17) is 0 Å². The molecule has 1 aromatic rings. The topological polar surface area (TPSA) is 57.7 Å². The molecule has 1 fully saturated rings. The molecule has 110 valence electrons. The summed E-state index contributed by atoms with van der Waals surface area (Å²) in [5.41, 5.74) is 0.918. The third-order valence-electron chi connectivity index (χ3n) is 3.48. The normalized spacial score (nSPS) is 13.7. The Morgan fingerprint density at radius 3 is 2.33 bits per heavy atom. The van der Waals surface area contributed by atoms with Gasteiger partial charge in [-0.25, -0.2) is 14.5 Å². The van der Waals surface area contributed by atoms with Gasteiger partial charge in [-0.05, 0) is 18.4 Å². The van der Waals surface area contributed by atoms with Gasteiger partial charge in [0.05, 0.1) is 0 Å². The van der Waals surface area contributed by atoms with E-state index in [0.29, 0.717) is 13.1 Å². The third-order valence-corrected chi connectivity index (χ3v) is 3.48. The van der Waals surface area contributed by atoms with E-state index in [0.717, 1.165) is 23.3 Å². The van der Waals surface area contributed by atoms with Crippen LogP contribution in [0.4, 0.5) is 4.79 Å². The molecule has 21 heavy (non-hydrogen) atoms. The summed E-state index contributed by atoms with van der Waals surface area (Å²) in [6.07, 6.45) is 2.07. The van der Waals surface area contributed by atoms with Crippen molar-refractivity contribution in [3.8, 4) is 0 Å². The molecule has 0 N–H and O–H groups in total. The molecule has 1 aliphatic rings. The molecule has 1 aromatic carbocycles. The van der Waals surface area contributed by atoms with Gasteiger partial charge < -0.3 is 4.90 Å². The molecule has 3 amide bonds. The van der Waals surface area contributed by atoms with E-state index < -0.39 is 11.9 Å². The lowest BCUT2D eigenvalue weighted by atomic mass is 10.1. The minimum atomic E-state index is -0.457. The maximum atomic E-state index is 12.4. The highest BCUT2D eigenvalue weighted by atomic mass is 16.2. The zero-order chi connectivity index (χ0) is 15.2. The molecular formula is C16H18N2O3. The predicted molar refractivity (Wildman–Crippen MR) is 78.1 cm³/mol. The molecule has 0 unspecified atom stereocenters. The van der Waals surface area contributed by atoms with Gasteiger partial charge in [0.15, 0.2) is 0 Å². The Balaban J connectivity index is 2.21. The second-order valence-corrected chi connectivity index (χ2v) is 5.04. The zero-order valence-electron chi connectivity index (χ0n) is 12.0. The van der Waals surface area contributed by atoms with Crippen LogP contribution in [0.2, 0.25) is 0 Å². The number of amides is 3. The maximum Gasteiger partial charge on any atom is 0.331 e. The van der Waals surface area contributed by atoms with Gasteiger partial charge in [-0.2, -0.15) is 0 Å². The number of carbonyl (C=O) groups is 2. The first kappa shape index (κ1) is 15.0. The van der Waals surface area contributed by atoms with Crippen molar-refractivity contribution in [1.29, 1.82) is 0 Å². The SMILES string of the molecule is CC(=O)N(C(=O)N1CCCC1)C(=C=O)Cc1ccccc1. The van der Waals surface area contributed by atoms with Crippen molar-refractivity contribution in [3.05, 3.63) is 41.6 Å². The Kier molecular flexibility index (Phi) is 4.90. The van der Waals surface area contributed by atoms with Gasteiger partial charge in [-0.1, -0.05) is 30.3 Å². The molecule has 0 saturated carbocycles. The minimum Gasteiger partial charge on any atom is -0.324 e.